The van der Waals surface area contributed by atoms with Crippen molar-refractivity contribution in [2.75, 3.05) is 31.2 Å². The molecule has 1 atom stereocenters. The van der Waals surface area contributed by atoms with Crippen LogP contribution in [0.2, 0.25) is 0 Å². The topological polar surface area (TPSA) is 60.4 Å². The van der Waals surface area contributed by atoms with E-state index in [9.17, 15) is 4.39 Å². The molecule has 7 heteroatoms. The molecule has 2 saturated heterocycles. The van der Waals surface area contributed by atoms with Crippen LogP contribution in [-0.2, 0) is 4.74 Å². The predicted molar refractivity (Wildman–Crippen MR) is 90.0 cm³/mol. The Hall–Kier alpha value is -2.28. The molecule has 0 N–H and O–H groups in total. The molecule has 0 aliphatic carbocycles. The Labute approximate surface area is 146 Å². The lowest BCUT2D eigenvalue weighted by atomic mass is 9.77. The quantitative estimate of drug-likeness (QED) is 0.849. The van der Waals surface area contributed by atoms with E-state index >= 15 is 0 Å². The SMILES string of the molecule is Fc1cnc(N2CCC3(CC2)CO[C@@H](COc2ccccn2)C3)nc1. The van der Waals surface area contributed by atoms with Crippen LogP contribution in [0.3, 0.4) is 0 Å². The molecule has 132 valence electrons. The van der Waals surface area contributed by atoms with E-state index < -0.39 is 5.82 Å². The first-order chi connectivity index (χ1) is 12.2. The summed E-state index contributed by atoms with van der Waals surface area (Å²) in [6.45, 7) is 3.02. The molecule has 1 spiro atoms. The summed E-state index contributed by atoms with van der Waals surface area (Å²) in [5.41, 5.74) is 0.203. The molecule has 0 bridgehead atoms. The Balaban J connectivity index is 1.29. The average Bonchev–Trinajstić information content (AvgIpc) is 3.05. The van der Waals surface area contributed by atoms with Gasteiger partial charge in [0, 0.05) is 25.4 Å². The van der Waals surface area contributed by atoms with Crippen molar-refractivity contribution in [1.82, 2.24) is 15.0 Å². The summed E-state index contributed by atoms with van der Waals surface area (Å²) < 4.78 is 24.7. The molecule has 2 fully saturated rings. The Kier molecular flexibility index (Phi) is 4.48. The molecule has 2 aliphatic rings. The van der Waals surface area contributed by atoms with E-state index in [1.807, 2.05) is 18.2 Å². The maximum absolute atomic E-state index is 13.0. The minimum atomic E-state index is -0.405. The summed E-state index contributed by atoms with van der Waals surface area (Å²) in [7, 11) is 0. The zero-order valence-electron chi connectivity index (χ0n) is 14.0. The molecular weight excluding hydrogens is 323 g/mol. The number of aromatic nitrogens is 3. The van der Waals surface area contributed by atoms with Crippen molar-refractivity contribution in [3.63, 3.8) is 0 Å². The first-order valence-corrected chi connectivity index (χ1v) is 8.60. The fraction of sp³-hybridized carbons (Fsp3) is 0.500. The number of pyridine rings is 1. The average molecular weight is 344 g/mol. The zero-order chi connectivity index (χ0) is 17.1. The normalized spacial score (nSPS) is 22.3. The van der Waals surface area contributed by atoms with Gasteiger partial charge in [-0.05, 0) is 30.7 Å². The molecule has 2 aliphatic heterocycles. The summed E-state index contributed by atoms with van der Waals surface area (Å²) in [6, 6.07) is 5.63. The second-order valence-corrected chi connectivity index (χ2v) is 6.80. The van der Waals surface area contributed by atoms with Crippen LogP contribution in [0.15, 0.2) is 36.8 Å². The minimum Gasteiger partial charge on any atom is -0.475 e. The van der Waals surface area contributed by atoms with Crippen LogP contribution < -0.4 is 9.64 Å². The van der Waals surface area contributed by atoms with E-state index in [1.54, 1.807) is 6.20 Å². The summed E-state index contributed by atoms with van der Waals surface area (Å²) in [5.74, 6) is 0.831. The molecule has 25 heavy (non-hydrogen) atoms. The number of rotatable bonds is 4. The molecule has 0 amide bonds. The maximum atomic E-state index is 13.0. The highest BCUT2D eigenvalue weighted by Gasteiger charge is 2.43. The number of ether oxygens (including phenoxy) is 2. The van der Waals surface area contributed by atoms with Crippen LogP contribution in [-0.4, -0.2) is 47.4 Å². The van der Waals surface area contributed by atoms with Crippen LogP contribution in [0.4, 0.5) is 10.3 Å². The maximum Gasteiger partial charge on any atom is 0.225 e. The van der Waals surface area contributed by atoms with E-state index in [2.05, 4.69) is 19.9 Å². The van der Waals surface area contributed by atoms with Gasteiger partial charge < -0.3 is 14.4 Å². The van der Waals surface area contributed by atoms with E-state index in [-0.39, 0.29) is 11.5 Å². The summed E-state index contributed by atoms with van der Waals surface area (Å²) in [5, 5.41) is 0. The van der Waals surface area contributed by atoms with Crippen LogP contribution in [0.5, 0.6) is 5.88 Å². The van der Waals surface area contributed by atoms with Gasteiger partial charge in [-0.25, -0.2) is 19.3 Å². The van der Waals surface area contributed by atoms with Gasteiger partial charge in [-0.3, -0.25) is 0 Å². The highest BCUT2D eigenvalue weighted by atomic mass is 19.1. The van der Waals surface area contributed by atoms with Crippen molar-refractivity contribution >= 4 is 5.95 Å². The third-order valence-electron chi connectivity index (χ3n) is 5.05. The molecular formula is C18H21FN4O2. The van der Waals surface area contributed by atoms with E-state index in [0.717, 1.165) is 39.0 Å². The van der Waals surface area contributed by atoms with Gasteiger partial charge >= 0.3 is 0 Å². The van der Waals surface area contributed by atoms with Crippen LogP contribution in [0, 0.1) is 11.2 Å². The Morgan fingerprint density at radius 3 is 2.72 bits per heavy atom. The van der Waals surface area contributed by atoms with Crippen molar-refractivity contribution in [2.24, 2.45) is 5.41 Å². The van der Waals surface area contributed by atoms with Gasteiger partial charge in [0.15, 0.2) is 5.82 Å². The van der Waals surface area contributed by atoms with Gasteiger partial charge in [-0.15, -0.1) is 0 Å². The number of piperidine rings is 1. The summed E-state index contributed by atoms with van der Waals surface area (Å²) in [6.07, 6.45) is 7.31. The van der Waals surface area contributed by atoms with Crippen molar-refractivity contribution in [2.45, 2.75) is 25.4 Å². The van der Waals surface area contributed by atoms with Crippen LogP contribution >= 0.6 is 0 Å². The zero-order valence-corrected chi connectivity index (χ0v) is 14.0. The van der Waals surface area contributed by atoms with Gasteiger partial charge in [0.1, 0.15) is 6.61 Å². The number of hydrogen-bond acceptors (Lipinski definition) is 6. The smallest absolute Gasteiger partial charge is 0.225 e. The highest BCUT2D eigenvalue weighted by Crippen LogP contribution is 2.42. The predicted octanol–water partition coefficient (Wildman–Crippen LogP) is 2.47. The van der Waals surface area contributed by atoms with E-state index in [1.165, 1.54) is 12.4 Å². The third kappa shape index (κ3) is 3.71. The molecule has 0 aromatic carbocycles. The Bertz CT molecular complexity index is 690. The lowest BCUT2D eigenvalue weighted by molar-refractivity contribution is 0.0565. The third-order valence-corrected chi connectivity index (χ3v) is 5.05. The molecule has 2 aromatic rings. The Morgan fingerprint density at radius 1 is 1.20 bits per heavy atom. The van der Waals surface area contributed by atoms with Gasteiger partial charge in [-0.2, -0.15) is 0 Å². The number of hydrogen-bond donors (Lipinski definition) is 0. The standard InChI is InChI=1S/C18H21FN4O2/c19-14-10-21-17(22-11-14)23-7-4-18(5-8-23)9-15(25-13-18)12-24-16-3-1-2-6-20-16/h1-3,6,10-11,15H,4-5,7-9,12-13H2/t15-/m1/s1. The van der Waals surface area contributed by atoms with Gasteiger partial charge in [0.25, 0.3) is 0 Å². The fourth-order valence-electron chi connectivity index (χ4n) is 3.61. The molecule has 2 aromatic heterocycles. The molecule has 4 rings (SSSR count). The lowest BCUT2D eigenvalue weighted by Crippen LogP contribution is -2.41. The van der Waals surface area contributed by atoms with Gasteiger partial charge in [-0.1, -0.05) is 6.07 Å². The number of anilines is 1. The van der Waals surface area contributed by atoms with Gasteiger partial charge in [0.2, 0.25) is 11.8 Å². The first kappa shape index (κ1) is 16.2. The largest absolute Gasteiger partial charge is 0.475 e. The molecule has 0 radical (unpaired) electrons. The monoisotopic (exact) mass is 344 g/mol. The molecule has 4 heterocycles. The van der Waals surface area contributed by atoms with Crippen LogP contribution in [0.1, 0.15) is 19.3 Å². The first-order valence-electron chi connectivity index (χ1n) is 8.60. The van der Waals surface area contributed by atoms with Crippen molar-refractivity contribution in [3.05, 3.63) is 42.6 Å². The molecule has 6 nitrogen and oxygen atoms in total. The Morgan fingerprint density at radius 2 is 2.00 bits per heavy atom. The number of nitrogens with zero attached hydrogens (tertiary/aromatic N) is 4. The van der Waals surface area contributed by atoms with Gasteiger partial charge in [0.05, 0.1) is 25.1 Å². The second kappa shape index (κ2) is 6.92. The number of halogens is 1. The molecule has 0 unspecified atom stereocenters. The van der Waals surface area contributed by atoms with Crippen LogP contribution in [0.25, 0.3) is 0 Å². The van der Waals surface area contributed by atoms with E-state index in [4.69, 9.17) is 9.47 Å². The fourth-order valence-corrected chi connectivity index (χ4v) is 3.61. The van der Waals surface area contributed by atoms with Crippen molar-refractivity contribution < 1.29 is 13.9 Å². The highest BCUT2D eigenvalue weighted by molar-refractivity contribution is 5.29. The van der Waals surface area contributed by atoms with Crippen molar-refractivity contribution in [1.29, 1.82) is 0 Å². The minimum absolute atomic E-state index is 0.107. The second-order valence-electron chi connectivity index (χ2n) is 6.80. The van der Waals surface area contributed by atoms with Crippen molar-refractivity contribution in [3.8, 4) is 5.88 Å². The summed E-state index contributed by atoms with van der Waals surface area (Å²) >= 11 is 0. The summed E-state index contributed by atoms with van der Waals surface area (Å²) in [4.78, 5) is 14.4. The van der Waals surface area contributed by atoms with E-state index in [0.29, 0.717) is 18.4 Å². The molecule has 0 saturated carbocycles. The lowest BCUT2D eigenvalue weighted by Gasteiger charge is -2.38.